The van der Waals surface area contributed by atoms with E-state index >= 15 is 0 Å². The number of hydrogen-bond acceptors (Lipinski definition) is 5. The molecular weight excluding hydrogens is 328 g/mol. The van der Waals surface area contributed by atoms with E-state index in [0.29, 0.717) is 17.8 Å². The summed E-state index contributed by atoms with van der Waals surface area (Å²) in [7, 11) is 1.91. The second-order valence-corrected chi connectivity index (χ2v) is 7.45. The van der Waals surface area contributed by atoms with Crippen molar-refractivity contribution in [1.29, 1.82) is 0 Å². The van der Waals surface area contributed by atoms with Crippen molar-refractivity contribution in [3.05, 3.63) is 48.5 Å². The van der Waals surface area contributed by atoms with Crippen molar-refractivity contribution in [2.75, 3.05) is 18.5 Å². The Kier molecular flexibility index (Phi) is 4.88. The SMILES string of the molecule is CN(c1cccnc1)c1ccn2ncc(C(=O)NCCC(C)(C)C)c2n1. The summed E-state index contributed by atoms with van der Waals surface area (Å²) in [5.41, 5.74) is 2.10. The van der Waals surface area contributed by atoms with Gasteiger partial charge in [-0.15, -0.1) is 0 Å². The summed E-state index contributed by atoms with van der Waals surface area (Å²) < 4.78 is 1.61. The van der Waals surface area contributed by atoms with Gasteiger partial charge in [0.15, 0.2) is 5.65 Å². The third-order valence-electron chi connectivity index (χ3n) is 4.14. The molecule has 136 valence electrons. The number of rotatable bonds is 5. The molecule has 7 heteroatoms. The third-order valence-corrected chi connectivity index (χ3v) is 4.14. The molecule has 0 unspecified atom stereocenters. The summed E-state index contributed by atoms with van der Waals surface area (Å²) >= 11 is 0. The molecule has 0 atom stereocenters. The van der Waals surface area contributed by atoms with E-state index in [0.717, 1.165) is 17.9 Å². The summed E-state index contributed by atoms with van der Waals surface area (Å²) in [6, 6.07) is 5.68. The van der Waals surface area contributed by atoms with E-state index in [4.69, 9.17) is 0 Å². The largest absolute Gasteiger partial charge is 0.352 e. The van der Waals surface area contributed by atoms with E-state index in [9.17, 15) is 4.79 Å². The third kappa shape index (κ3) is 3.99. The average Bonchev–Trinajstić information content (AvgIpc) is 3.04. The molecule has 3 aromatic rings. The van der Waals surface area contributed by atoms with Gasteiger partial charge in [0.25, 0.3) is 5.91 Å². The van der Waals surface area contributed by atoms with Gasteiger partial charge in [0.1, 0.15) is 11.4 Å². The highest BCUT2D eigenvalue weighted by atomic mass is 16.1. The number of nitrogens with zero attached hydrogens (tertiary/aromatic N) is 5. The van der Waals surface area contributed by atoms with Crippen molar-refractivity contribution < 1.29 is 4.79 Å². The van der Waals surface area contributed by atoms with Crippen LogP contribution in [0.2, 0.25) is 0 Å². The van der Waals surface area contributed by atoms with Gasteiger partial charge in [0.2, 0.25) is 0 Å². The summed E-state index contributed by atoms with van der Waals surface area (Å²) in [4.78, 5) is 23.2. The monoisotopic (exact) mass is 352 g/mol. The minimum Gasteiger partial charge on any atom is -0.352 e. The second kappa shape index (κ2) is 7.11. The Morgan fingerprint density at radius 3 is 2.77 bits per heavy atom. The van der Waals surface area contributed by atoms with Crippen LogP contribution in [-0.2, 0) is 0 Å². The standard InChI is InChI=1S/C19H24N6O/c1-19(2,3)8-10-21-18(26)15-13-22-25-11-7-16(23-17(15)25)24(4)14-6-5-9-20-12-14/h5-7,9,11-13H,8,10H2,1-4H3,(H,21,26). The van der Waals surface area contributed by atoms with Crippen LogP contribution in [0.1, 0.15) is 37.6 Å². The molecule has 1 amide bonds. The first-order valence-corrected chi connectivity index (χ1v) is 8.61. The zero-order valence-electron chi connectivity index (χ0n) is 15.6. The molecular formula is C19H24N6O. The minimum atomic E-state index is -0.155. The first-order valence-electron chi connectivity index (χ1n) is 8.61. The Hall–Kier alpha value is -2.96. The minimum absolute atomic E-state index is 0.155. The topological polar surface area (TPSA) is 75.4 Å². The first kappa shape index (κ1) is 17.8. The quantitative estimate of drug-likeness (QED) is 0.764. The highest BCUT2D eigenvalue weighted by Crippen LogP contribution is 2.22. The van der Waals surface area contributed by atoms with E-state index in [1.807, 2.05) is 30.1 Å². The molecule has 7 nitrogen and oxygen atoms in total. The van der Waals surface area contributed by atoms with E-state index in [2.05, 4.69) is 41.2 Å². The number of nitrogens with one attached hydrogen (secondary N) is 1. The summed E-state index contributed by atoms with van der Waals surface area (Å²) in [5, 5.41) is 7.19. The molecule has 0 aliphatic heterocycles. The molecule has 0 aliphatic rings. The van der Waals surface area contributed by atoms with Crippen LogP contribution in [0.3, 0.4) is 0 Å². The van der Waals surface area contributed by atoms with Crippen molar-refractivity contribution in [2.24, 2.45) is 5.41 Å². The van der Waals surface area contributed by atoms with Crippen molar-refractivity contribution >= 4 is 23.1 Å². The lowest BCUT2D eigenvalue weighted by molar-refractivity contribution is 0.0951. The molecule has 1 N–H and O–H groups in total. The molecule has 26 heavy (non-hydrogen) atoms. The van der Waals surface area contributed by atoms with E-state index in [1.54, 1.807) is 29.3 Å². The normalized spacial score (nSPS) is 11.5. The van der Waals surface area contributed by atoms with Gasteiger partial charge in [-0.05, 0) is 30.0 Å². The summed E-state index contributed by atoms with van der Waals surface area (Å²) in [5.74, 6) is 0.563. The predicted octanol–water partition coefficient (Wildman–Crippen LogP) is 3.06. The van der Waals surface area contributed by atoms with Crippen molar-refractivity contribution in [3.63, 3.8) is 0 Å². The molecule has 0 bridgehead atoms. The fraction of sp³-hybridized carbons (Fsp3) is 0.368. The van der Waals surface area contributed by atoms with E-state index in [1.165, 1.54) is 0 Å². The van der Waals surface area contributed by atoms with Crippen molar-refractivity contribution in [3.8, 4) is 0 Å². The van der Waals surface area contributed by atoms with E-state index < -0.39 is 0 Å². The Balaban J connectivity index is 1.83. The van der Waals surface area contributed by atoms with Crippen molar-refractivity contribution in [1.82, 2.24) is 24.9 Å². The summed E-state index contributed by atoms with van der Waals surface area (Å²) in [6.07, 6.45) is 7.76. The van der Waals surface area contributed by atoms with Gasteiger partial charge in [-0.2, -0.15) is 5.10 Å². The van der Waals surface area contributed by atoms with Crippen LogP contribution in [0.5, 0.6) is 0 Å². The molecule has 0 saturated heterocycles. The average molecular weight is 352 g/mol. The molecule has 0 fully saturated rings. The smallest absolute Gasteiger partial charge is 0.256 e. The van der Waals surface area contributed by atoms with Gasteiger partial charge in [-0.1, -0.05) is 20.8 Å². The van der Waals surface area contributed by atoms with Crippen LogP contribution in [0, 0.1) is 5.41 Å². The highest BCUT2D eigenvalue weighted by molar-refractivity contribution is 5.99. The number of carbonyl (C=O) groups is 1. The summed E-state index contributed by atoms with van der Waals surface area (Å²) in [6.45, 7) is 7.07. The van der Waals surface area contributed by atoms with Gasteiger partial charge < -0.3 is 10.2 Å². The fourth-order valence-electron chi connectivity index (χ4n) is 2.54. The van der Waals surface area contributed by atoms with Crippen LogP contribution in [0.4, 0.5) is 11.5 Å². The van der Waals surface area contributed by atoms with Gasteiger partial charge in [-0.25, -0.2) is 9.50 Å². The number of aromatic nitrogens is 4. The fourth-order valence-corrected chi connectivity index (χ4v) is 2.54. The molecule has 0 saturated carbocycles. The lowest BCUT2D eigenvalue weighted by Gasteiger charge is -2.18. The molecule has 0 spiro atoms. The Morgan fingerprint density at radius 2 is 2.08 bits per heavy atom. The van der Waals surface area contributed by atoms with Crippen LogP contribution in [-0.4, -0.2) is 39.1 Å². The number of fused-ring (bicyclic) bond motifs is 1. The maximum Gasteiger partial charge on any atom is 0.256 e. The van der Waals surface area contributed by atoms with Crippen LogP contribution >= 0.6 is 0 Å². The second-order valence-electron chi connectivity index (χ2n) is 7.45. The number of amides is 1. The van der Waals surface area contributed by atoms with Crippen LogP contribution in [0.25, 0.3) is 5.65 Å². The molecule has 3 heterocycles. The molecule has 0 radical (unpaired) electrons. The maximum atomic E-state index is 12.5. The number of anilines is 2. The molecule has 0 aromatic carbocycles. The van der Waals surface area contributed by atoms with Gasteiger partial charge in [0.05, 0.1) is 18.1 Å². The molecule has 0 aliphatic carbocycles. The lowest BCUT2D eigenvalue weighted by atomic mass is 9.92. The molecule has 3 rings (SSSR count). The van der Waals surface area contributed by atoms with Crippen LogP contribution < -0.4 is 10.2 Å². The Morgan fingerprint density at radius 1 is 1.27 bits per heavy atom. The Labute approximate surface area is 153 Å². The van der Waals surface area contributed by atoms with Gasteiger partial charge in [-0.3, -0.25) is 9.78 Å². The predicted molar refractivity (Wildman–Crippen MR) is 102 cm³/mol. The zero-order valence-corrected chi connectivity index (χ0v) is 15.6. The Bertz CT molecular complexity index is 897. The number of pyridine rings is 1. The van der Waals surface area contributed by atoms with Crippen LogP contribution in [0.15, 0.2) is 43.0 Å². The van der Waals surface area contributed by atoms with E-state index in [-0.39, 0.29) is 11.3 Å². The number of carbonyl (C=O) groups excluding carboxylic acids is 1. The number of hydrogen-bond donors (Lipinski definition) is 1. The lowest BCUT2D eigenvalue weighted by Crippen LogP contribution is -2.27. The van der Waals surface area contributed by atoms with Gasteiger partial charge in [0, 0.05) is 26.0 Å². The zero-order chi connectivity index (χ0) is 18.7. The maximum absolute atomic E-state index is 12.5. The van der Waals surface area contributed by atoms with Gasteiger partial charge >= 0.3 is 0 Å². The highest BCUT2D eigenvalue weighted by Gasteiger charge is 2.17. The first-order chi connectivity index (χ1) is 12.3. The van der Waals surface area contributed by atoms with Crippen molar-refractivity contribution in [2.45, 2.75) is 27.2 Å². The molecule has 3 aromatic heterocycles.